The maximum Gasteiger partial charge on any atom is 0.329 e. The van der Waals surface area contributed by atoms with Crippen LogP contribution in [-0.2, 0) is 11.8 Å². The summed E-state index contributed by atoms with van der Waals surface area (Å²) in [7, 11) is 1.59. The number of hydrogen-bond acceptors (Lipinski definition) is 7. The first-order valence-electron chi connectivity index (χ1n) is 7.17. The Labute approximate surface area is 131 Å². The summed E-state index contributed by atoms with van der Waals surface area (Å²) in [6.07, 6.45) is 0. The van der Waals surface area contributed by atoms with Crippen molar-refractivity contribution in [3.8, 4) is 11.8 Å². The van der Waals surface area contributed by atoms with Gasteiger partial charge < -0.3 is 19.9 Å². The van der Waals surface area contributed by atoms with Gasteiger partial charge in [0.15, 0.2) is 5.75 Å². The van der Waals surface area contributed by atoms with Crippen LogP contribution in [0.1, 0.15) is 5.69 Å². The molecule has 0 saturated carbocycles. The second-order valence-corrected chi connectivity index (χ2v) is 5.21. The summed E-state index contributed by atoms with van der Waals surface area (Å²) in [5.41, 5.74) is 0.671. The normalized spacial score (nSPS) is 17.7. The van der Waals surface area contributed by atoms with Crippen molar-refractivity contribution in [3.63, 3.8) is 0 Å². The van der Waals surface area contributed by atoms with E-state index < -0.39 is 12.0 Å². The van der Waals surface area contributed by atoms with Crippen molar-refractivity contribution in [2.24, 2.45) is 7.05 Å². The summed E-state index contributed by atoms with van der Waals surface area (Å²) in [4.78, 5) is 28.4. The van der Waals surface area contributed by atoms with E-state index in [-0.39, 0.29) is 17.0 Å². The SMILES string of the molecule is Cn1c(=O)cc(OC(=O)C2CNCCN2)c2nc(C#N)ccc21. The number of nitrogens with one attached hydrogen (secondary N) is 2. The molecule has 118 valence electrons. The molecule has 1 saturated heterocycles. The van der Waals surface area contributed by atoms with E-state index in [1.807, 2.05) is 6.07 Å². The Balaban J connectivity index is 2.02. The van der Waals surface area contributed by atoms with Crippen LogP contribution < -0.4 is 20.9 Å². The second kappa shape index (κ2) is 6.16. The van der Waals surface area contributed by atoms with E-state index in [0.717, 1.165) is 6.54 Å². The van der Waals surface area contributed by atoms with Gasteiger partial charge in [-0.25, -0.2) is 9.78 Å². The lowest BCUT2D eigenvalue weighted by Gasteiger charge is -2.22. The highest BCUT2D eigenvalue weighted by molar-refractivity contribution is 5.86. The van der Waals surface area contributed by atoms with Crippen LogP contribution in [0.2, 0.25) is 0 Å². The minimum absolute atomic E-state index is 0.0672. The van der Waals surface area contributed by atoms with Crippen molar-refractivity contribution in [1.29, 1.82) is 5.26 Å². The van der Waals surface area contributed by atoms with E-state index in [9.17, 15) is 9.59 Å². The molecule has 1 fully saturated rings. The average molecular weight is 313 g/mol. The third-order valence-electron chi connectivity index (χ3n) is 3.70. The zero-order valence-corrected chi connectivity index (χ0v) is 12.5. The van der Waals surface area contributed by atoms with Crippen molar-refractivity contribution in [1.82, 2.24) is 20.2 Å². The summed E-state index contributed by atoms with van der Waals surface area (Å²) in [6, 6.07) is 5.79. The number of carbonyl (C=O) groups excluding carboxylic acids is 1. The Bertz CT molecular complexity index is 862. The van der Waals surface area contributed by atoms with Crippen LogP contribution in [-0.4, -0.2) is 41.2 Å². The van der Waals surface area contributed by atoms with Gasteiger partial charge in [-0.3, -0.25) is 4.79 Å². The minimum Gasteiger partial charge on any atom is -0.423 e. The van der Waals surface area contributed by atoms with E-state index in [4.69, 9.17) is 10.00 Å². The molecule has 0 aromatic carbocycles. The molecule has 23 heavy (non-hydrogen) atoms. The first-order valence-corrected chi connectivity index (χ1v) is 7.17. The zero-order valence-electron chi connectivity index (χ0n) is 12.5. The summed E-state index contributed by atoms with van der Waals surface area (Å²) < 4.78 is 6.77. The number of hydrogen-bond donors (Lipinski definition) is 2. The minimum atomic E-state index is -0.490. The molecule has 3 heterocycles. The third kappa shape index (κ3) is 2.92. The lowest BCUT2D eigenvalue weighted by atomic mass is 10.2. The molecule has 1 unspecified atom stereocenters. The quantitative estimate of drug-likeness (QED) is 0.704. The molecule has 0 bridgehead atoms. The number of rotatable bonds is 2. The van der Waals surface area contributed by atoms with Gasteiger partial charge in [-0.1, -0.05) is 0 Å². The molecule has 2 aromatic heterocycles. The number of pyridine rings is 2. The molecule has 1 aliphatic heterocycles. The number of esters is 1. The maximum atomic E-state index is 12.2. The van der Waals surface area contributed by atoms with E-state index in [1.165, 1.54) is 16.7 Å². The number of piperazine rings is 1. The summed E-state index contributed by atoms with van der Waals surface area (Å²) in [6.45, 7) is 1.90. The van der Waals surface area contributed by atoms with Gasteiger partial charge in [0.2, 0.25) is 0 Å². The number of aryl methyl sites for hydroxylation is 1. The number of ether oxygens (including phenoxy) is 1. The van der Waals surface area contributed by atoms with E-state index >= 15 is 0 Å². The Morgan fingerprint density at radius 2 is 2.30 bits per heavy atom. The summed E-state index contributed by atoms with van der Waals surface area (Å²) in [5.74, 6) is -0.423. The lowest BCUT2D eigenvalue weighted by molar-refractivity contribution is -0.136. The Hall–Kier alpha value is -2.76. The van der Waals surface area contributed by atoms with Gasteiger partial charge >= 0.3 is 5.97 Å². The highest BCUT2D eigenvalue weighted by Crippen LogP contribution is 2.22. The van der Waals surface area contributed by atoms with Gasteiger partial charge in [0.25, 0.3) is 5.56 Å². The topological polar surface area (TPSA) is 109 Å². The molecule has 1 atom stereocenters. The molecular weight excluding hydrogens is 298 g/mol. The monoisotopic (exact) mass is 313 g/mol. The number of fused-ring (bicyclic) bond motifs is 1. The third-order valence-corrected chi connectivity index (χ3v) is 3.70. The molecule has 0 spiro atoms. The Kier molecular flexibility index (Phi) is 4.06. The number of carbonyl (C=O) groups is 1. The average Bonchev–Trinajstić information content (AvgIpc) is 2.59. The fourth-order valence-electron chi connectivity index (χ4n) is 2.44. The highest BCUT2D eigenvalue weighted by atomic mass is 16.5. The largest absolute Gasteiger partial charge is 0.423 e. The van der Waals surface area contributed by atoms with Crippen LogP contribution in [0.3, 0.4) is 0 Å². The molecule has 2 aromatic rings. The first kappa shape index (κ1) is 15.1. The summed E-state index contributed by atoms with van der Waals surface area (Å²) >= 11 is 0. The molecule has 0 amide bonds. The van der Waals surface area contributed by atoms with Gasteiger partial charge in [0.05, 0.1) is 5.52 Å². The van der Waals surface area contributed by atoms with Crippen LogP contribution in [0.25, 0.3) is 11.0 Å². The number of aromatic nitrogens is 2. The van der Waals surface area contributed by atoms with Crippen molar-refractivity contribution in [2.75, 3.05) is 19.6 Å². The first-order chi connectivity index (χ1) is 11.1. The summed E-state index contributed by atoms with van der Waals surface area (Å²) in [5, 5.41) is 15.1. The second-order valence-electron chi connectivity index (χ2n) is 5.21. The molecule has 3 rings (SSSR count). The molecule has 0 radical (unpaired) electrons. The van der Waals surface area contributed by atoms with Gasteiger partial charge in [-0.05, 0) is 12.1 Å². The van der Waals surface area contributed by atoms with Gasteiger partial charge in [-0.2, -0.15) is 5.26 Å². The molecule has 8 nitrogen and oxygen atoms in total. The maximum absolute atomic E-state index is 12.2. The van der Waals surface area contributed by atoms with Crippen LogP contribution in [0.4, 0.5) is 0 Å². The Morgan fingerprint density at radius 1 is 1.48 bits per heavy atom. The van der Waals surface area contributed by atoms with Gasteiger partial charge in [-0.15, -0.1) is 0 Å². The van der Waals surface area contributed by atoms with Crippen LogP contribution >= 0.6 is 0 Å². The van der Waals surface area contributed by atoms with Crippen molar-refractivity contribution in [2.45, 2.75) is 6.04 Å². The predicted octanol–water partition coefficient (Wildman–Crippen LogP) is -0.728. The lowest BCUT2D eigenvalue weighted by Crippen LogP contribution is -2.53. The van der Waals surface area contributed by atoms with E-state index in [0.29, 0.717) is 24.1 Å². The smallest absolute Gasteiger partial charge is 0.329 e. The Morgan fingerprint density at radius 3 is 3.00 bits per heavy atom. The molecular formula is C15H15N5O3. The highest BCUT2D eigenvalue weighted by Gasteiger charge is 2.23. The van der Waals surface area contributed by atoms with Crippen LogP contribution in [0, 0.1) is 11.3 Å². The number of nitrogens with zero attached hydrogens (tertiary/aromatic N) is 3. The number of nitriles is 1. The van der Waals surface area contributed by atoms with Crippen LogP contribution in [0.15, 0.2) is 23.0 Å². The molecule has 2 N–H and O–H groups in total. The predicted molar refractivity (Wildman–Crippen MR) is 82.0 cm³/mol. The van der Waals surface area contributed by atoms with Crippen molar-refractivity contribution < 1.29 is 9.53 Å². The zero-order chi connectivity index (χ0) is 16.4. The standard InChI is InChI=1S/C15H15N5O3/c1-20-11-3-2-9(7-16)19-14(11)12(6-13(20)21)23-15(22)10-8-17-4-5-18-10/h2-3,6,10,17-18H,4-5,8H2,1H3. The molecule has 1 aliphatic rings. The molecule has 0 aliphatic carbocycles. The van der Waals surface area contributed by atoms with Gasteiger partial charge in [0, 0.05) is 32.7 Å². The fourth-order valence-corrected chi connectivity index (χ4v) is 2.44. The van der Waals surface area contributed by atoms with E-state index in [1.54, 1.807) is 13.1 Å². The van der Waals surface area contributed by atoms with E-state index in [2.05, 4.69) is 15.6 Å². The van der Waals surface area contributed by atoms with Crippen molar-refractivity contribution >= 4 is 17.0 Å². The van der Waals surface area contributed by atoms with Crippen molar-refractivity contribution in [3.05, 3.63) is 34.2 Å². The fraction of sp³-hybridized carbons (Fsp3) is 0.333. The van der Waals surface area contributed by atoms with Gasteiger partial charge in [0.1, 0.15) is 23.3 Å². The van der Waals surface area contributed by atoms with Crippen LogP contribution in [0.5, 0.6) is 5.75 Å². The molecule has 8 heteroatoms.